The van der Waals surface area contributed by atoms with Crippen LogP contribution in [-0.4, -0.2) is 41.4 Å². The highest BCUT2D eigenvalue weighted by Crippen LogP contribution is 2.29. The maximum atomic E-state index is 12.2. The fourth-order valence-corrected chi connectivity index (χ4v) is 3.04. The maximum absolute atomic E-state index is 12.2. The van der Waals surface area contributed by atoms with Crippen molar-refractivity contribution in [3.8, 4) is 0 Å². The van der Waals surface area contributed by atoms with Gasteiger partial charge in [-0.3, -0.25) is 14.4 Å². The third-order valence-corrected chi connectivity index (χ3v) is 4.50. The summed E-state index contributed by atoms with van der Waals surface area (Å²) in [7, 11) is 1.70. The number of aliphatic carboxylic acids is 1. The molecule has 0 bridgehead atoms. The van der Waals surface area contributed by atoms with Gasteiger partial charge in [0.25, 0.3) is 0 Å². The number of benzene rings is 1. The molecule has 6 heteroatoms. The predicted molar refractivity (Wildman–Crippen MR) is 89.0 cm³/mol. The molecule has 1 aliphatic carbocycles. The van der Waals surface area contributed by atoms with Gasteiger partial charge < -0.3 is 15.3 Å². The number of carboxylic acids is 1. The molecule has 1 fully saturated rings. The van der Waals surface area contributed by atoms with Gasteiger partial charge in [-0.2, -0.15) is 0 Å². The van der Waals surface area contributed by atoms with Gasteiger partial charge in [0.05, 0.1) is 12.5 Å². The van der Waals surface area contributed by atoms with E-state index in [1.807, 2.05) is 30.3 Å². The van der Waals surface area contributed by atoms with Gasteiger partial charge in [-0.25, -0.2) is 0 Å². The molecule has 1 aromatic rings. The van der Waals surface area contributed by atoms with Crippen LogP contribution in [0.5, 0.6) is 0 Å². The molecule has 2 N–H and O–H groups in total. The van der Waals surface area contributed by atoms with Crippen molar-refractivity contribution in [2.75, 3.05) is 13.6 Å². The topological polar surface area (TPSA) is 86.7 Å². The lowest BCUT2D eigenvalue weighted by Gasteiger charge is -2.26. The molecule has 0 aliphatic heterocycles. The lowest BCUT2D eigenvalue weighted by Crippen LogP contribution is -2.41. The monoisotopic (exact) mass is 332 g/mol. The molecule has 24 heavy (non-hydrogen) atoms. The zero-order valence-electron chi connectivity index (χ0n) is 13.9. The largest absolute Gasteiger partial charge is 0.481 e. The van der Waals surface area contributed by atoms with Gasteiger partial charge in [0.15, 0.2) is 0 Å². The van der Waals surface area contributed by atoms with Crippen LogP contribution in [-0.2, 0) is 20.9 Å². The van der Waals surface area contributed by atoms with Crippen molar-refractivity contribution >= 4 is 17.8 Å². The molecule has 2 rings (SSSR count). The Morgan fingerprint density at radius 1 is 1.17 bits per heavy atom. The number of nitrogens with one attached hydrogen (secondary N) is 1. The Morgan fingerprint density at radius 3 is 2.50 bits per heavy atom. The first kappa shape index (κ1) is 18.0. The normalized spacial score (nSPS) is 20.2. The van der Waals surface area contributed by atoms with E-state index in [4.69, 9.17) is 5.11 Å². The molecule has 1 aliphatic rings. The molecule has 6 nitrogen and oxygen atoms in total. The predicted octanol–water partition coefficient (Wildman–Crippen LogP) is 1.65. The average molecular weight is 332 g/mol. The molecule has 1 saturated carbocycles. The Bertz CT molecular complexity index is 588. The number of likely N-dealkylation sites (N-methyl/N-ethyl adjacent to an activating group) is 1. The minimum atomic E-state index is -0.842. The maximum Gasteiger partial charge on any atom is 0.306 e. The zero-order chi connectivity index (χ0) is 17.5. The molecule has 2 unspecified atom stereocenters. The van der Waals surface area contributed by atoms with Gasteiger partial charge in [-0.15, -0.1) is 0 Å². The summed E-state index contributed by atoms with van der Waals surface area (Å²) in [4.78, 5) is 36.9. The number of hydrogen-bond acceptors (Lipinski definition) is 3. The molecular formula is C18H24N2O4. The number of amides is 2. The van der Waals surface area contributed by atoms with E-state index in [0.29, 0.717) is 25.8 Å². The summed E-state index contributed by atoms with van der Waals surface area (Å²) in [6.07, 6.45) is 2.40. The summed E-state index contributed by atoms with van der Waals surface area (Å²) in [5, 5.41) is 11.7. The molecule has 0 spiro atoms. The zero-order valence-corrected chi connectivity index (χ0v) is 13.9. The molecule has 2 amide bonds. The quantitative estimate of drug-likeness (QED) is 0.829. The van der Waals surface area contributed by atoms with Crippen molar-refractivity contribution in [3.63, 3.8) is 0 Å². The van der Waals surface area contributed by atoms with Crippen LogP contribution in [0.3, 0.4) is 0 Å². The summed E-state index contributed by atoms with van der Waals surface area (Å²) in [6, 6.07) is 9.63. The Kier molecular flexibility index (Phi) is 6.35. The molecule has 0 radical (unpaired) electrons. The van der Waals surface area contributed by atoms with Crippen LogP contribution in [0.15, 0.2) is 30.3 Å². The molecule has 1 aromatic carbocycles. The second kappa shape index (κ2) is 8.47. The van der Waals surface area contributed by atoms with E-state index in [9.17, 15) is 14.4 Å². The van der Waals surface area contributed by atoms with Crippen LogP contribution in [0.2, 0.25) is 0 Å². The fourth-order valence-electron chi connectivity index (χ4n) is 3.04. The third-order valence-electron chi connectivity index (χ3n) is 4.50. The second-order valence-electron chi connectivity index (χ2n) is 6.35. The second-order valence-corrected chi connectivity index (χ2v) is 6.35. The molecular weight excluding hydrogens is 308 g/mol. The van der Waals surface area contributed by atoms with Gasteiger partial charge in [0, 0.05) is 19.5 Å². The first-order valence-corrected chi connectivity index (χ1v) is 8.25. The number of carbonyl (C=O) groups excluding carboxylic acids is 2. The van der Waals surface area contributed by atoms with Crippen LogP contribution in [0.4, 0.5) is 0 Å². The first-order chi connectivity index (χ1) is 11.5. The SMILES string of the molecule is CN(Cc1ccccc1)C(=O)CNC(=O)C1CCCC(C(=O)O)C1. The number of nitrogens with zero attached hydrogens (tertiary/aromatic N) is 1. The van der Waals surface area contributed by atoms with E-state index in [0.717, 1.165) is 12.0 Å². The average Bonchev–Trinajstić information content (AvgIpc) is 2.60. The highest BCUT2D eigenvalue weighted by molar-refractivity contribution is 5.86. The van der Waals surface area contributed by atoms with E-state index >= 15 is 0 Å². The molecule has 2 atom stereocenters. The highest BCUT2D eigenvalue weighted by atomic mass is 16.4. The van der Waals surface area contributed by atoms with Crippen molar-refractivity contribution in [1.82, 2.24) is 10.2 Å². The Balaban J connectivity index is 1.78. The summed E-state index contributed by atoms with van der Waals surface area (Å²) >= 11 is 0. The number of rotatable bonds is 6. The summed E-state index contributed by atoms with van der Waals surface area (Å²) < 4.78 is 0. The van der Waals surface area contributed by atoms with E-state index in [1.54, 1.807) is 11.9 Å². The van der Waals surface area contributed by atoms with E-state index in [1.165, 1.54) is 0 Å². The Hall–Kier alpha value is -2.37. The summed E-state index contributed by atoms with van der Waals surface area (Å²) in [6.45, 7) is 0.427. The van der Waals surface area contributed by atoms with Gasteiger partial charge in [-0.1, -0.05) is 36.8 Å². The van der Waals surface area contributed by atoms with E-state index < -0.39 is 11.9 Å². The van der Waals surface area contributed by atoms with Gasteiger partial charge in [0.1, 0.15) is 0 Å². The lowest BCUT2D eigenvalue weighted by molar-refractivity contribution is -0.144. The number of carboxylic acid groups (broad SMARTS) is 1. The molecule has 130 valence electrons. The van der Waals surface area contributed by atoms with Crippen LogP contribution < -0.4 is 5.32 Å². The smallest absolute Gasteiger partial charge is 0.306 e. The Morgan fingerprint density at radius 2 is 1.83 bits per heavy atom. The van der Waals surface area contributed by atoms with Crippen molar-refractivity contribution in [3.05, 3.63) is 35.9 Å². The first-order valence-electron chi connectivity index (χ1n) is 8.25. The van der Waals surface area contributed by atoms with Crippen LogP contribution in [0, 0.1) is 11.8 Å². The van der Waals surface area contributed by atoms with Crippen molar-refractivity contribution in [1.29, 1.82) is 0 Å². The van der Waals surface area contributed by atoms with Gasteiger partial charge >= 0.3 is 5.97 Å². The van der Waals surface area contributed by atoms with Crippen molar-refractivity contribution in [2.45, 2.75) is 32.2 Å². The minimum absolute atomic E-state index is 0.0591. The molecule has 0 aromatic heterocycles. The van der Waals surface area contributed by atoms with Crippen LogP contribution in [0.25, 0.3) is 0 Å². The summed E-state index contributed by atoms with van der Waals surface area (Å²) in [5.41, 5.74) is 1.02. The molecule has 0 heterocycles. The summed E-state index contributed by atoms with van der Waals surface area (Å²) in [5.74, 6) is -2.00. The van der Waals surface area contributed by atoms with E-state index in [-0.39, 0.29) is 24.3 Å². The Labute approximate surface area is 141 Å². The number of hydrogen-bond donors (Lipinski definition) is 2. The molecule has 0 saturated heterocycles. The van der Waals surface area contributed by atoms with Crippen LogP contribution in [0.1, 0.15) is 31.2 Å². The fraction of sp³-hybridized carbons (Fsp3) is 0.500. The van der Waals surface area contributed by atoms with E-state index in [2.05, 4.69) is 5.32 Å². The van der Waals surface area contributed by atoms with Gasteiger partial charge in [-0.05, 0) is 24.8 Å². The van der Waals surface area contributed by atoms with Crippen molar-refractivity contribution < 1.29 is 19.5 Å². The minimum Gasteiger partial charge on any atom is -0.481 e. The van der Waals surface area contributed by atoms with Crippen molar-refractivity contribution in [2.24, 2.45) is 11.8 Å². The highest BCUT2D eigenvalue weighted by Gasteiger charge is 2.31. The van der Waals surface area contributed by atoms with Crippen LogP contribution >= 0.6 is 0 Å². The lowest BCUT2D eigenvalue weighted by atomic mass is 9.81. The van der Waals surface area contributed by atoms with Gasteiger partial charge in [0.2, 0.25) is 11.8 Å². The third kappa shape index (κ3) is 5.08. The number of carbonyl (C=O) groups is 3. The standard InChI is InChI=1S/C18H24N2O4/c1-20(12-13-6-3-2-4-7-13)16(21)11-19-17(22)14-8-5-9-15(10-14)18(23)24/h2-4,6-7,14-15H,5,8-12H2,1H3,(H,19,22)(H,23,24).